The Morgan fingerprint density at radius 1 is 1.08 bits per heavy atom. The van der Waals surface area contributed by atoms with Crippen molar-refractivity contribution in [2.75, 3.05) is 18.8 Å². The molecule has 24 heavy (non-hydrogen) atoms. The highest BCUT2D eigenvalue weighted by Crippen LogP contribution is 2.36. The summed E-state index contributed by atoms with van der Waals surface area (Å²) in [6.07, 6.45) is 4.87. The highest BCUT2D eigenvalue weighted by Gasteiger charge is 2.37. The average molecular weight is 344 g/mol. The van der Waals surface area contributed by atoms with Gasteiger partial charge in [-0.05, 0) is 43.7 Å². The van der Waals surface area contributed by atoms with E-state index in [0.717, 1.165) is 44.4 Å². The summed E-state index contributed by atoms with van der Waals surface area (Å²) < 4.78 is 0. The number of nitrogens with zero attached hydrogens (tertiary/aromatic N) is 1. The molecule has 0 unspecified atom stereocenters. The van der Waals surface area contributed by atoms with Gasteiger partial charge in [-0.1, -0.05) is 18.2 Å². The van der Waals surface area contributed by atoms with Crippen LogP contribution in [0.3, 0.4) is 0 Å². The standard InChI is InChI=1S/C19H24N2O2S/c22-18(14-4-3-10-21(12-14)19(23)13-7-8-13)20-16-9-11-24-17-6-2-1-5-15(16)17/h1-2,5-6,13-14,16H,3-4,7-12H2,(H,20,22)/t14-,16+/m0/s1. The van der Waals surface area contributed by atoms with Crippen molar-refractivity contribution in [1.82, 2.24) is 10.2 Å². The molecule has 0 radical (unpaired) electrons. The van der Waals surface area contributed by atoms with Crippen LogP contribution in [0.25, 0.3) is 0 Å². The molecule has 0 aromatic heterocycles. The third kappa shape index (κ3) is 3.32. The number of carbonyl (C=O) groups is 2. The lowest BCUT2D eigenvalue weighted by Gasteiger charge is -2.34. The average Bonchev–Trinajstić information content (AvgIpc) is 3.47. The van der Waals surface area contributed by atoms with E-state index in [9.17, 15) is 9.59 Å². The van der Waals surface area contributed by atoms with Crippen LogP contribution in [0.5, 0.6) is 0 Å². The summed E-state index contributed by atoms with van der Waals surface area (Å²) in [4.78, 5) is 28.3. The Bertz CT molecular complexity index is 644. The molecule has 4 rings (SSSR count). The second kappa shape index (κ2) is 6.79. The first-order valence-corrected chi connectivity index (χ1v) is 10.0. The molecule has 1 aliphatic carbocycles. The highest BCUT2D eigenvalue weighted by atomic mass is 32.2. The molecule has 3 aliphatic rings. The fraction of sp³-hybridized carbons (Fsp3) is 0.579. The lowest BCUT2D eigenvalue weighted by Crippen LogP contribution is -2.46. The van der Waals surface area contributed by atoms with Crippen molar-refractivity contribution in [1.29, 1.82) is 0 Å². The number of benzene rings is 1. The minimum Gasteiger partial charge on any atom is -0.349 e. The van der Waals surface area contributed by atoms with Crippen LogP contribution in [-0.2, 0) is 9.59 Å². The summed E-state index contributed by atoms with van der Waals surface area (Å²) in [6, 6.07) is 8.47. The van der Waals surface area contributed by atoms with Gasteiger partial charge >= 0.3 is 0 Å². The Labute approximate surface area is 147 Å². The quantitative estimate of drug-likeness (QED) is 0.917. The van der Waals surface area contributed by atoms with Crippen LogP contribution in [-0.4, -0.2) is 35.6 Å². The summed E-state index contributed by atoms with van der Waals surface area (Å²) in [6.45, 7) is 1.42. The molecule has 1 aromatic carbocycles. The van der Waals surface area contributed by atoms with E-state index in [1.54, 1.807) is 0 Å². The molecule has 2 amide bonds. The van der Waals surface area contributed by atoms with E-state index in [4.69, 9.17) is 0 Å². The van der Waals surface area contributed by atoms with Crippen LogP contribution < -0.4 is 5.32 Å². The molecular formula is C19H24N2O2S. The maximum absolute atomic E-state index is 12.8. The van der Waals surface area contributed by atoms with Gasteiger partial charge < -0.3 is 10.2 Å². The number of thioether (sulfide) groups is 1. The third-order valence-corrected chi connectivity index (χ3v) is 6.43. The van der Waals surface area contributed by atoms with Gasteiger partial charge in [-0.3, -0.25) is 9.59 Å². The summed E-state index contributed by atoms with van der Waals surface area (Å²) in [7, 11) is 0. The molecule has 1 saturated heterocycles. The van der Waals surface area contributed by atoms with Gasteiger partial charge in [-0.2, -0.15) is 0 Å². The molecule has 5 heteroatoms. The predicted molar refractivity (Wildman–Crippen MR) is 94.7 cm³/mol. The van der Waals surface area contributed by atoms with Gasteiger partial charge in [0, 0.05) is 29.7 Å². The Balaban J connectivity index is 1.40. The molecule has 2 aliphatic heterocycles. The van der Waals surface area contributed by atoms with E-state index in [0.29, 0.717) is 6.54 Å². The van der Waals surface area contributed by atoms with Crippen LogP contribution in [0, 0.1) is 11.8 Å². The van der Waals surface area contributed by atoms with Gasteiger partial charge in [0.15, 0.2) is 0 Å². The number of hydrogen-bond donors (Lipinski definition) is 1. The normalized spacial score (nSPS) is 26.6. The maximum atomic E-state index is 12.8. The van der Waals surface area contributed by atoms with Gasteiger partial charge in [0.05, 0.1) is 12.0 Å². The summed E-state index contributed by atoms with van der Waals surface area (Å²) in [5, 5.41) is 3.26. The van der Waals surface area contributed by atoms with Crippen molar-refractivity contribution in [3.8, 4) is 0 Å². The minimum atomic E-state index is -0.0526. The van der Waals surface area contributed by atoms with Crippen LogP contribution in [0.1, 0.15) is 43.7 Å². The first-order valence-electron chi connectivity index (χ1n) is 9.03. The van der Waals surface area contributed by atoms with E-state index in [1.165, 1.54) is 10.5 Å². The number of rotatable bonds is 3. The van der Waals surface area contributed by atoms with Gasteiger partial charge in [-0.25, -0.2) is 0 Å². The first-order chi connectivity index (χ1) is 11.7. The Hall–Kier alpha value is -1.49. The van der Waals surface area contributed by atoms with E-state index >= 15 is 0 Å². The second-order valence-corrected chi connectivity index (χ2v) is 8.27. The van der Waals surface area contributed by atoms with E-state index in [1.807, 2.05) is 22.7 Å². The van der Waals surface area contributed by atoms with Gasteiger partial charge in [0.2, 0.25) is 11.8 Å². The summed E-state index contributed by atoms with van der Waals surface area (Å²) in [5.74, 6) is 1.62. The van der Waals surface area contributed by atoms with Gasteiger partial charge in [0.25, 0.3) is 0 Å². The number of fused-ring (bicyclic) bond motifs is 1. The van der Waals surface area contributed by atoms with Crippen LogP contribution in [0.15, 0.2) is 29.2 Å². The smallest absolute Gasteiger partial charge is 0.225 e. The Morgan fingerprint density at radius 2 is 1.92 bits per heavy atom. The second-order valence-electron chi connectivity index (χ2n) is 7.13. The zero-order valence-electron chi connectivity index (χ0n) is 13.9. The number of nitrogens with one attached hydrogen (secondary N) is 1. The summed E-state index contributed by atoms with van der Waals surface area (Å²) in [5.41, 5.74) is 1.24. The number of carbonyl (C=O) groups excluding carboxylic acids is 2. The lowest BCUT2D eigenvalue weighted by molar-refractivity contribution is -0.137. The molecule has 128 valence electrons. The van der Waals surface area contributed by atoms with Crippen molar-refractivity contribution in [3.05, 3.63) is 29.8 Å². The van der Waals surface area contributed by atoms with Crippen LogP contribution >= 0.6 is 11.8 Å². The lowest BCUT2D eigenvalue weighted by atomic mass is 9.95. The largest absolute Gasteiger partial charge is 0.349 e. The van der Waals surface area contributed by atoms with Crippen molar-refractivity contribution >= 4 is 23.6 Å². The molecule has 2 atom stereocenters. The number of hydrogen-bond acceptors (Lipinski definition) is 3. The van der Waals surface area contributed by atoms with E-state index in [2.05, 4.69) is 23.5 Å². The fourth-order valence-corrected chi connectivity index (χ4v) is 4.89. The van der Waals surface area contributed by atoms with E-state index < -0.39 is 0 Å². The van der Waals surface area contributed by atoms with Crippen LogP contribution in [0.2, 0.25) is 0 Å². The first kappa shape index (κ1) is 16.0. The molecule has 1 saturated carbocycles. The minimum absolute atomic E-state index is 0.0526. The Morgan fingerprint density at radius 3 is 2.75 bits per heavy atom. The Kier molecular flexibility index (Phi) is 4.53. The monoisotopic (exact) mass is 344 g/mol. The number of piperidine rings is 1. The molecule has 0 bridgehead atoms. The fourth-order valence-electron chi connectivity index (χ4n) is 3.76. The zero-order chi connectivity index (χ0) is 16.5. The summed E-state index contributed by atoms with van der Waals surface area (Å²) >= 11 is 1.87. The molecule has 2 heterocycles. The third-order valence-electron chi connectivity index (χ3n) is 5.31. The molecule has 2 fully saturated rings. The number of likely N-dealkylation sites (tertiary alicyclic amines) is 1. The number of amides is 2. The highest BCUT2D eigenvalue weighted by molar-refractivity contribution is 7.99. The zero-order valence-corrected chi connectivity index (χ0v) is 14.7. The maximum Gasteiger partial charge on any atom is 0.225 e. The molecule has 1 aromatic rings. The molecule has 4 nitrogen and oxygen atoms in total. The van der Waals surface area contributed by atoms with Crippen molar-refractivity contribution in [2.24, 2.45) is 11.8 Å². The van der Waals surface area contributed by atoms with Crippen molar-refractivity contribution < 1.29 is 9.59 Å². The van der Waals surface area contributed by atoms with E-state index in [-0.39, 0.29) is 29.7 Å². The van der Waals surface area contributed by atoms with Crippen molar-refractivity contribution in [3.63, 3.8) is 0 Å². The molecule has 1 N–H and O–H groups in total. The topological polar surface area (TPSA) is 49.4 Å². The predicted octanol–water partition coefficient (Wildman–Crippen LogP) is 2.99. The molecular weight excluding hydrogens is 320 g/mol. The van der Waals surface area contributed by atoms with Gasteiger partial charge in [0.1, 0.15) is 0 Å². The van der Waals surface area contributed by atoms with Gasteiger partial charge in [-0.15, -0.1) is 11.8 Å². The SMILES string of the molecule is O=C(N[C@@H]1CCSc2ccccc21)[C@H]1CCCN(C(=O)C2CC2)C1. The van der Waals surface area contributed by atoms with Crippen LogP contribution in [0.4, 0.5) is 0 Å². The molecule has 0 spiro atoms. The van der Waals surface area contributed by atoms with Crippen molar-refractivity contribution in [2.45, 2.75) is 43.0 Å².